The number of carbonyl (C=O) groups is 2. The maximum atomic E-state index is 13.1. The molecule has 30 heavy (non-hydrogen) atoms. The highest BCUT2D eigenvalue weighted by atomic mass is 35.5. The second kappa shape index (κ2) is 9.59. The summed E-state index contributed by atoms with van der Waals surface area (Å²) in [5, 5.41) is 3.19. The normalized spacial score (nSPS) is 17.3. The number of nitrogens with one attached hydrogen (secondary N) is 1. The Bertz CT molecular complexity index is 1010. The van der Waals surface area contributed by atoms with Crippen LogP contribution in [-0.4, -0.2) is 43.8 Å². The molecule has 0 spiro atoms. The lowest BCUT2D eigenvalue weighted by molar-refractivity contribution is -0.120. The summed E-state index contributed by atoms with van der Waals surface area (Å²) in [4.78, 5) is 24.7. The van der Waals surface area contributed by atoms with Crippen LogP contribution in [0.4, 0.5) is 5.69 Å². The molecule has 0 unspecified atom stereocenters. The Morgan fingerprint density at radius 3 is 2.40 bits per heavy atom. The number of hydrogen-bond acceptors (Lipinski definition) is 5. The van der Waals surface area contributed by atoms with Crippen molar-refractivity contribution in [2.24, 2.45) is 0 Å². The number of benzene rings is 2. The fraction of sp³-hybridized carbons (Fsp3) is 0.333. The molecule has 1 atom stereocenters. The van der Waals surface area contributed by atoms with E-state index in [1.807, 2.05) is 0 Å². The highest BCUT2D eigenvalue weighted by Crippen LogP contribution is 2.27. The molecule has 2 aromatic carbocycles. The molecule has 1 aliphatic rings. The Morgan fingerprint density at radius 2 is 1.77 bits per heavy atom. The van der Waals surface area contributed by atoms with Gasteiger partial charge in [-0.15, -0.1) is 0 Å². The fourth-order valence-corrected chi connectivity index (χ4v) is 5.11. The number of halogens is 1. The van der Waals surface area contributed by atoms with Crippen molar-refractivity contribution in [3.8, 4) is 0 Å². The summed E-state index contributed by atoms with van der Waals surface area (Å²) in [7, 11) is -3.84. The molecule has 1 aliphatic heterocycles. The molecule has 7 nitrogen and oxygen atoms in total. The first-order valence-corrected chi connectivity index (χ1v) is 11.5. The van der Waals surface area contributed by atoms with Crippen LogP contribution in [0.1, 0.15) is 36.5 Å². The molecule has 1 heterocycles. The number of piperidine rings is 1. The number of amides is 1. The van der Waals surface area contributed by atoms with Gasteiger partial charge in [-0.2, -0.15) is 4.31 Å². The number of carbonyl (C=O) groups excluding carboxylic acids is 2. The Labute approximate surface area is 181 Å². The molecule has 0 aliphatic carbocycles. The highest BCUT2D eigenvalue weighted by molar-refractivity contribution is 7.89. The van der Waals surface area contributed by atoms with E-state index in [1.165, 1.54) is 28.6 Å². The molecule has 3 rings (SSSR count). The average Bonchev–Trinajstić information content (AvgIpc) is 2.74. The summed E-state index contributed by atoms with van der Waals surface area (Å²) in [5.41, 5.74) is 0.849. The van der Waals surface area contributed by atoms with Crippen molar-refractivity contribution in [2.75, 3.05) is 18.5 Å². The molecule has 9 heteroatoms. The summed E-state index contributed by atoms with van der Waals surface area (Å²) in [6.45, 7) is 2.27. The number of anilines is 1. The number of nitrogens with zero attached hydrogens (tertiary/aromatic N) is 1. The summed E-state index contributed by atoms with van der Waals surface area (Å²) >= 11 is 5.86. The van der Waals surface area contributed by atoms with Crippen LogP contribution in [-0.2, 0) is 19.6 Å². The number of esters is 1. The van der Waals surface area contributed by atoms with Gasteiger partial charge in [-0.05, 0) is 68.3 Å². The third kappa shape index (κ3) is 5.00. The van der Waals surface area contributed by atoms with E-state index in [4.69, 9.17) is 16.3 Å². The molecule has 160 valence electrons. The lowest BCUT2D eigenvalue weighted by atomic mass is 10.0. The van der Waals surface area contributed by atoms with Gasteiger partial charge in [-0.25, -0.2) is 13.2 Å². The van der Waals surface area contributed by atoms with Gasteiger partial charge < -0.3 is 10.1 Å². The Kier molecular flexibility index (Phi) is 7.12. The predicted molar refractivity (Wildman–Crippen MR) is 114 cm³/mol. The predicted octanol–water partition coefficient (Wildman–Crippen LogP) is 3.70. The molecule has 1 saturated heterocycles. The Morgan fingerprint density at radius 1 is 1.10 bits per heavy atom. The summed E-state index contributed by atoms with van der Waals surface area (Å²) in [6.07, 6.45) is 1.87. The van der Waals surface area contributed by atoms with Crippen LogP contribution in [0.25, 0.3) is 0 Å². The third-order valence-corrected chi connectivity index (χ3v) is 7.01. The van der Waals surface area contributed by atoms with E-state index in [0.717, 1.165) is 6.42 Å². The second-order valence-electron chi connectivity index (χ2n) is 6.87. The van der Waals surface area contributed by atoms with Crippen LogP contribution in [0.2, 0.25) is 5.02 Å². The molecule has 2 aromatic rings. The van der Waals surface area contributed by atoms with Gasteiger partial charge in [0.1, 0.15) is 6.04 Å². The van der Waals surface area contributed by atoms with Gasteiger partial charge in [0.05, 0.1) is 17.1 Å². The number of rotatable bonds is 6. The van der Waals surface area contributed by atoms with Gasteiger partial charge in [-0.1, -0.05) is 18.0 Å². The second-order valence-corrected chi connectivity index (χ2v) is 9.20. The summed E-state index contributed by atoms with van der Waals surface area (Å²) < 4.78 is 32.4. The molecule has 1 amide bonds. The van der Waals surface area contributed by atoms with E-state index in [1.54, 1.807) is 31.2 Å². The zero-order valence-corrected chi connectivity index (χ0v) is 18.1. The van der Waals surface area contributed by atoms with Crippen molar-refractivity contribution in [3.63, 3.8) is 0 Å². The number of sulfonamides is 1. The minimum atomic E-state index is -3.84. The van der Waals surface area contributed by atoms with Crippen LogP contribution >= 0.6 is 11.6 Å². The third-order valence-electron chi connectivity index (χ3n) is 4.84. The topological polar surface area (TPSA) is 92.8 Å². The van der Waals surface area contributed by atoms with Gasteiger partial charge >= 0.3 is 5.97 Å². The zero-order chi connectivity index (χ0) is 21.7. The summed E-state index contributed by atoms with van der Waals surface area (Å²) in [6, 6.07) is 11.4. The van der Waals surface area contributed by atoms with E-state index >= 15 is 0 Å². The molecule has 1 fully saturated rings. The van der Waals surface area contributed by atoms with E-state index in [2.05, 4.69) is 5.32 Å². The molecular weight excluding hydrogens is 428 g/mol. The minimum Gasteiger partial charge on any atom is -0.462 e. The molecule has 0 saturated carbocycles. The fourth-order valence-electron chi connectivity index (χ4n) is 3.33. The molecule has 0 bridgehead atoms. The quantitative estimate of drug-likeness (QED) is 0.677. The first-order valence-electron chi connectivity index (χ1n) is 9.68. The number of ether oxygens (including phenoxy) is 1. The Balaban J connectivity index is 1.76. The van der Waals surface area contributed by atoms with Gasteiger partial charge in [0.2, 0.25) is 15.9 Å². The first kappa shape index (κ1) is 22.3. The van der Waals surface area contributed by atoms with Crippen LogP contribution in [0.15, 0.2) is 53.4 Å². The highest BCUT2D eigenvalue weighted by Gasteiger charge is 2.37. The van der Waals surface area contributed by atoms with E-state index in [9.17, 15) is 18.0 Å². The average molecular weight is 451 g/mol. The van der Waals surface area contributed by atoms with E-state index in [0.29, 0.717) is 29.1 Å². The minimum absolute atomic E-state index is 0.102. The smallest absolute Gasteiger partial charge is 0.338 e. The lowest BCUT2D eigenvalue weighted by Gasteiger charge is -2.33. The molecule has 0 radical (unpaired) electrons. The molecular formula is C21H23ClN2O5S. The lowest BCUT2D eigenvalue weighted by Crippen LogP contribution is -2.49. The van der Waals surface area contributed by atoms with Gasteiger partial charge in [-0.3, -0.25) is 4.79 Å². The van der Waals surface area contributed by atoms with Crippen molar-refractivity contribution in [2.45, 2.75) is 37.1 Å². The van der Waals surface area contributed by atoms with Crippen molar-refractivity contribution in [1.29, 1.82) is 0 Å². The SMILES string of the molecule is CCOC(=O)c1ccc(NC(=O)[C@H]2CCCCN2S(=O)(=O)c2ccc(Cl)cc2)cc1. The summed E-state index contributed by atoms with van der Waals surface area (Å²) in [5.74, 6) is -0.848. The van der Waals surface area contributed by atoms with Crippen molar-refractivity contribution < 1.29 is 22.7 Å². The first-order chi connectivity index (χ1) is 14.3. The monoisotopic (exact) mass is 450 g/mol. The van der Waals surface area contributed by atoms with Crippen molar-refractivity contribution in [1.82, 2.24) is 4.31 Å². The zero-order valence-electron chi connectivity index (χ0n) is 16.5. The van der Waals surface area contributed by atoms with Crippen LogP contribution in [0.3, 0.4) is 0 Å². The van der Waals surface area contributed by atoms with E-state index < -0.39 is 27.9 Å². The van der Waals surface area contributed by atoms with Crippen molar-refractivity contribution >= 4 is 39.2 Å². The Hall–Kier alpha value is -2.42. The maximum absolute atomic E-state index is 13.1. The van der Waals surface area contributed by atoms with E-state index in [-0.39, 0.29) is 18.0 Å². The largest absolute Gasteiger partial charge is 0.462 e. The van der Waals surface area contributed by atoms with Gasteiger partial charge in [0.25, 0.3) is 0 Å². The van der Waals surface area contributed by atoms with Crippen molar-refractivity contribution in [3.05, 3.63) is 59.1 Å². The molecule has 1 N–H and O–H groups in total. The number of hydrogen-bond donors (Lipinski definition) is 1. The van der Waals surface area contributed by atoms with Crippen LogP contribution in [0.5, 0.6) is 0 Å². The van der Waals surface area contributed by atoms with Gasteiger partial charge in [0, 0.05) is 17.3 Å². The molecule has 0 aromatic heterocycles. The maximum Gasteiger partial charge on any atom is 0.338 e. The van der Waals surface area contributed by atoms with Gasteiger partial charge in [0.15, 0.2) is 0 Å². The van der Waals surface area contributed by atoms with Crippen LogP contribution in [0, 0.1) is 0 Å². The standard InChI is InChI=1S/C21H23ClN2O5S/c1-2-29-21(26)15-6-10-17(11-7-15)23-20(25)19-5-3-4-14-24(19)30(27,28)18-12-8-16(22)9-13-18/h6-13,19H,2-5,14H2,1H3,(H,23,25)/t19-/m1/s1. The van der Waals surface area contributed by atoms with Crippen LogP contribution < -0.4 is 5.32 Å².